The highest BCUT2D eigenvalue weighted by Crippen LogP contribution is 2.28. The van der Waals surface area contributed by atoms with E-state index in [1.807, 2.05) is 0 Å². The van der Waals surface area contributed by atoms with Gasteiger partial charge in [-0.2, -0.15) is 12.6 Å². The average Bonchev–Trinajstić information content (AvgIpc) is 2.60. The van der Waals surface area contributed by atoms with Gasteiger partial charge < -0.3 is 4.74 Å². The Morgan fingerprint density at radius 3 is 2.04 bits per heavy atom. The molecule has 0 heterocycles. The molecule has 1 atom stereocenters. The summed E-state index contributed by atoms with van der Waals surface area (Å²) in [6.07, 6.45) is 20.5. The van der Waals surface area contributed by atoms with Crippen molar-refractivity contribution in [3.63, 3.8) is 0 Å². The number of carbonyl (C=O) groups excluding carboxylic acids is 1. The van der Waals surface area contributed by atoms with Gasteiger partial charge in [0.05, 0.1) is 11.9 Å². The predicted molar refractivity (Wildman–Crippen MR) is 107 cm³/mol. The van der Waals surface area contributed by atoms with Crippen LogP contribution in [0.5, 0.6) is 0 Å². The van der Waals surface area contributed by atoms with E-state index in [-0.39, 0.29) is 11.2 Å². The lowest BCUT2D eigenvalue weighted by Crippen LogP contribution is -2.22. The summed E-state index contributed by atoms with van der Waals surface area (Å²) in [4.78, 5) is 12.0. The fourth-order valence-electron chi connectivity index (χ4n) is 3.69. The number of ether oxygens (including phenoxy) is 1. The lowest BCUT2D eigenvalue weighted by molar-refractivity contribution is -0.143. The Kier molecular flexibility index (Phi) is 13.8. The van der Waals surface area contributed by atoms with Gasteiger partial charge in [-0.1, -0.05) is 96.8 Å². The van der Waals surface area contributed by atoms with Crippen LogP contribution in [0.3, 0.4) is 0 Å². The molecule has 0 aromatic rings. The Hall–Kier alpha value is -0.180. The monoisotopic (exact) mass is 356 g/mol. The molecule has 0 saturated heterocycles. The Morgan fingerprint density at radius 2 is 1.46 bits per heavy atom. The van der Waals surface area contributed by atoms with Crippen molar-refractivity contribution in [1.82, 2.24) is 0 Å². The van der Waals surface area contributed by atoms with Crippen molar-refractivity contribution < 1.29 is 9.53 Å². The number of carbonyl (C=O) groups is 1. The Morgan fingerprint density at radius 1 is 0.917 bits per heavy atom. The van der Waals surface area contributed by atoms with Crippen molar-refractivity contribution in [2.75, 3.05) is 6.61 Å². The number of esters is 1. The lowest BCUT2D eigenvalue weighted by atomic mass is 9.86. The van der Waals surface area contributed by atoms with Gasteiger partial charge in [-0.05, 0) is 18.8 Å². The molecule has 0 aliphatic heterocycles. The molecule has 1 fully saturated rings. The number of thiol groups is 1. The largest absolute Gasteiger partial charge is 0.465 e. The maximum Gasteiger partial charge on any atom is 0.318 e. The van der Waals surface area contributed by atoms with Crippen LogP contribution < -0.4 is 0 Å². The molecule has 0 bridgehead atoms. The molecule has 142 valence electrons. The third-order valence-electron chi connectivity index (χ3n) is 5.30. The molecule has 24 heavy (non-hydrogen) atoms. The van der Waals surface area contributed by atoms with Gasteiger partial charge in [0.15, 0.2) is 0 Å². The molecule has 0 amide bonds. The molecule has 0 spiro atoms. The molecule has 0 aromatic carbocycles. The van der Waals surface area contributed by atoms with E-state index in [1.54, 1.807) is 0 Å². The summed E-state index contributed by atoms with van der Waals surface area (Å²) in [5.41, 5.74) is 0. The minimum Gasteiger partial charge on any atom is -0.465 e. The molecular weight excluding hydrogens is 316 g/mol. The highest BCUT2D eigenvalue weighted by molar-refractivity contribution is 7.81. The first-order chi connectivity index (χ1) is 11.7. The minimum absolute atomic E-state index is 0.0974. The lowest BCUT2D eigenvalue weighted by Gasteiger charge is -2.23. The highest BCUT2D eigenvalue weighted by Gasteiger charge is 2.22. The normalized spacial score (nSPS) is 16.9. The van der Waals surface area contributed by atoms with Gasteiger partial charge in [0.2, 0.25) is 0 Å². The van der Waals surface area contributed by atoms with E-state index in [0.29, 0.717) is 12.5 Å². The van der Waals surface area contributed by atoms with Gasteiger partial charge in [-0.15, -0.1) is 0 Å². The van der Waals surface area contributed by atoms with Crippen LogP contribution in [-0.2, 0) is 9.53 Å². The molecule has 2 nitrogen and oxygen atoms in total. The van der Waals surface area contributed by atoms with Gasteiger partial charge in [0.25, 0.3) is 0 Å². The fraction of sp³-hybridized carbons (Fsp3) is 0.952. The fourth-order valence-corrected chi connectivity index (χ4v) is 4.07. The molecule has 1 aliphatic rings. The average molecular weight is 357 g/mol. The van der Waals surface area contributed by atoms with Crippen molar-refractivity contribution in [2.24, 2.45) is 5.92 Å². The van der Waals surface area contributed by atoms with Gasteiger partial charge in [-0.25, -0.2) is 0 Å². The summed E-state index contributed by atoms with van der Waals surface area (Å²) in [5.74, 6) is 0.589. The molecule has 3 heteroatoms. The third-order valence-corrected chi connectivity index (χ3v) is 5.72. The first-order valence-corrected chi connectivity index (χ1v) is 11.1. The topological polar surface area (TPSA) is 26.3 Å². The van der Waals surface area contributed by atoms with Crippen LogP contribution in [0.1, 0.15) is 110 Å². The van der Waals surface area contributed by atoms with Gasteiger partial charge in [0.1, 0.15) is 0 Å². The summed E-state index contributed by atoms with van der Waals surface area (Å²) in [6, 6.07) is 0. The summed E-state index contributed by atoms with van der Waals surface area (Å²) in [6.45, 7) is 2.84. The second kappa shape index (κ2) is 15.1. The number of unbranched alkanes of at least 4 members (excludes halogenated alkanes) is 9. The quantitative estimate of drug-likeness (QED) is 0.212. The minimum atomic E-state index is -0.212. The maximum atomic E-state index is 12.0. The van der Waals surface area contributed by atoms with Gasteiger partial charge in [-0.3, -0.25) is 4.79 Å². The van der Waals surface area contributed by atoms with Crippen molar-refractivity contribution in [1.29, 1.82) is 0 Å². The van der Waals surface area contributed by atoms with Crippen LogP contribution in [0.15, 0.2) is 0 Å². The Bertz CT molecular complexity index is 300. The van der Waals surface area contributed by atoms with E-state index in [2.05, 4.69) is 19.6 Å². The molecule has 1 aliphatic carbocycles. The highest BCUT2D eigenvalue weighted by atomic mass is 32.1. The molecular formula is C21H40O2S. The second-order valence-electron chi connectivity index (χ2n) is 7.61. The molecule has 0 N–H and O–H groups in total. The van der Waals surface area contributed by atoms with E-state index in [1.165, 1.54) is 89.9 Å². The summed E-state index contributed by atoms with van der Waals surface area (Å²) >= 11 is 4.47. The molecule has 1 unspecified atom stereocenters. The number of rotatable bonds is 14. The van der Waals surface area contributed by atoms with Crippen LogP contribution >= 0.6 is 12.6 Å². The number of hydrogen-bond acceptors (Lipinski definition) is 3. The van der Waals surface area contributed by atoms with Crippen molar-refractivity contribution in [3.05, 3.63) is 0 Å². The molecule has 1 rings (SSSR count). The van der Waals surface area contributed by atoms with Crippen molar-refractivity contribution >= 4 is 18.6 Å². The SMILES string of the molecule is CCCCCCCCCCCCOC(=O)C(S)CC1CCCCC1. The van der Waals surface area contributed by atoms with E-state index in [9.17, 15) is 4.79 Å². The Balaban J connectivity index is 1.88. The molecule has 1 saturated carbocycles. The van der Waals surface area contributed by atoms with E-state index in [0.717, 1.165) is 12.8 Å². The van der Waals surface area contributed by atoms with E-state index >= 15 is 0 Å². The second-order valence-corrected chi connectivity index (χ2v) is 8.23. The molecule has 0 aromatic heterocycles. The van der Waals surface area contributed by atoms with Gasteiger partial charge >= 0.3 is 5.97 Å². The first-order valence-electron chi connectivity index (χ1n) is 10.6. The standard InChI is InChI=1S/C21H40O2S/c1-2-3-4-5-6-7-8-9-10-14-17-23-21(22)20(24)18-19-15-12-11-13-16-19/h19-20,24H,2-18H2,1H3. The number of hydrogen-bond donors (Lipinski definition) is 1. The summed E-state index contributed by atoms with van der Waals surface area (Å²) in [7, 11) is 0. The van der Waals surface area contributed by atoms with Gasteiger partial charge in [0, 0.05) is 0 Å². The van der Waals surface area contributed by atoms with E-state index in [4.69, 9.17) is 4.74 Å². The predicted octanol–water partition coefficient (Wildman–Crippen LogP) is 6.72. The summed E-state index contributed by atoms with van der Waals surface area (Å²) in [5, 5.41) is -0.212. The zero-order valence-corrected chi connectivity index (χ0v) is 16.8. The maximum absolute atomic E-state index is 12.0. The third kappa shape index (κ3) is 11.4. The Labute approximate surface area is 155 Å². The summed E-state index contributed by atoms with van der Waals surface area (Å²) < 4.78 is 5.40. The van der Waals surface area contributed by atoms with Crippen LogP contribution in [0.25, 0.3) is 0 Å². The van der Waals surface area contributed by atoms with Crippen molar-refractivity contribution in [3.8, 4) is 0 Å². The van der Waals surface area contributed by atoms with E-state index < -0.39 is 0 Å². The smallest absolute Gasteiger partial charge is 0.318 e. The van der Waals surface area contributed by atoms with Crippen molar-refractivity contribution in [2.45, 2.75) is 115 Å². The van der Waals surface area contributed by atoms with Crippen LogP contribution in [0, 0.1) is 5.92 Å². The molecule has 0 radical (unpaired) electrons. The van der Waals surface area contributed by atoms with Crippen LogP contribution in [0.2, 0.25) is 0 Å². The first kappa shape index (κ1) is 21.9. The van der Waals surface area contributed by atoms with Crippen LogP contribution in [0.4, 0.5) is 0 Å². The zero-order valence-electron chi connectivity index (χ0n) is 15.9. The zero-order chi connectivity index (χ0) is 17.5. The van der Waals surface area contributed by atoms with Crippen LogP contribution in [-0.4, -0.2) is 17.8 Å².